The third kappa shape index (κ3) is 3.06. The van der Waals surface area contributed by atoms with Crippen LogP contribution in [0.4, 0.5) is 5.69 Å². The first-order valence-corrected chi connectivity index (χ1v) is 8.43. The molecule has 0 fully saturated rings. The Morgan fingerprint density at radius 1 is 0.885 bits per heavy atom. The van der Waals surface area contributed by atoms with Gasteiger partial charge in [0.25, 0.3) is 0 Å². The van der Waals surface area contributed by atoms with Gasteiger partial charge in [0.05, 0.1) is 35.5 Å². The van der Waals surface area contributed by atoms with Crippen LogP contribution in [0.25, 0.3) is 11.4 Å². The van der Waals surface area contributed by atoms with Crippen molar-refractivity contribution in [3.05, 3.63) is 78.4 Å². The highest BCUT2D eigenvalue weighted by molar-refractivity contribution is 5.49. The molecule has 1 unspecified atom stereocenters. The monoisotopic (exact) mass is 345 g/mol. The first-order valence-electron chi connectivity index (χ1n) is 8.43. The minimum atomic E-state index is 0.0288. The molecule has 4 aromatic rings. The lowest BCUT2D eigenvalue weighted by atomic mass is 10.1. The van der Waals surface area contributed by atoms with Crippen LogP contribution in [0, 0.1) is 6.92 Å². The lowest BCUT2D eigenvalue weighted by Crippen LogP contribution is -2.09. The van der Waals surface area contributed by atoms with E-state index in [4.69, 9.17) is 0 Å². The van der Waals surface area contributed by atoms with Gasteiger partial charge in [0.15, 0.2) is 0 Å². The van der Waals surface area contributed by atoms with Crippen molar-refractivity contribution in [1.82, 2.24) is 30.0 Å². The van der Waals surface area contributed by atoms with Crippen molar-refractivity contribution in [2.75, 3.05) is 5.32 Å². The first kappa shape index (κ1) is 16.0. The summed E-state index contributed by atoms with van der Waals surface area (Å²) in [5, 5.41) is 20.4. The molecule has 2 heterocycles. The fourth-order valence-corrected chi connectivity index (χ4v) is 2.91. The largest absolute Gasteiger partial charge is 0.377 e. The van der Waals surface area contributed by atoms with E-state index in [-0.39, 0.29) is 6.04 Å². The standard InChI is InChI=1S/C19H19N7/c1-14(19-15(2)25(24-23-19)17-6-4-3-5-7-17)22-16-8-10-18(11-9-16)26-20-12-13-21-26/h3-14,22H,1-2H3. The van der Waals surface area contributed by atoms with Gasteiger partial charge in [0.2, 0.25) is 0 Å². The smallest absolute Gasteiger partial charge is 0.108 e. The van der Waals surface area contributed by atoms with Crippen molar-refractivity contribution in [3.63, 3.8) is 0 Å². The van der Waals surface area contributed by atoms with Crippen molar-refractivity contribution < 1.29 is 0 Å². The summed E-state index contributed by atoms with van der Waals surface area (Å²) in [4.78, 5) is 1.59. The number of para-hydroxylation sites is 1. The Morgan fingerprint density at radius 2 is 1.58 bits per heavy atom. The van der Waals surface area contributed by atoms with Crippen LogP contribution in [0.2, 0.25) is 0 Å². The minimum absolute atomic E-state index is 0.0288. The Balaban J connectivity index is 1.52. The van der Waals surface area contributed by atoms with Crippen LogP contribution >= 0.6 is 0 Å². The summed E-state index contributed by atoms with van der Waals surface area (Å²) >= 11 is 0. The molecule has 0 aliphatic heterocycles. The maximum Gasteiger partial charge on any atom is 0.108 e. The molecule has 4 rings (SSSR count). The van der Waals surface area contributed by atoms with E-state index in [2.05, 4.69) is 32.7 Å². The van der Waals surface area contributed by atoms with Crippen molar-refractivity contribution >= 4 is 5.69 Å². The van der Waals surface area contributed by atoms with E-state index in [0.29, 0.717) is 0 Å². The summed E-state index contributed by atoms with van der Waals surface area (Å²) in [5.74, 6) is 0. The molecule has 1 atom stereocenters. The Kier molecular flexibility index (Phi) is 4.18. The predicted molar refractivity (Wildman–Crippen MR) is 99.5 cm³/mol. The van der Waals surface area contributed by atoms with Gasteiger partial charge in [-0.25, -0.2) is 4.68 Å². The molecular weight excluding hydrogens is 326 g/mol. The van der Waals surface area contributed by atoms with E-state index in [1.54, 1.807) is 17.2 Å². The summed E-state index contributed by atoms with van der Waals surface area (Å²) < 4.78 is 1.86. The number of aromatic nitrogens is 6. The maximum absolute atomic E-state index is 4.37. The second-order valence-electron chi connectivity index (χ2n) is 6.04. The average molecular weight is 345 g/mol. The van der Waals surface area contributed by atoms with Gasteiger partial charge in [-0.3, -0.25) is 0 Å². The Morgan fingerprint density at radius 3 is 2.27 bits per heavy atom. The summed E-state index contributed by atoms with van der Waals surface area (Å²) in [5.41, 5.74) is 4.87. The highest BCUT2D eigenvalue weighted by atomic mass is 15.5. The number of nitrogens with zero attached hydrogens (tertiary/aromatic N) is 6. The van der Waals surface area contributed by atoms with Crippen molar-refractivity contribution in [3.8, 4) is 11.4 Å². The van der Waals surface area contributed by atoms with Crippen LogP contribution in [0.3, 0.4) is 0 Å². The lowest BCUT2D eigenvalue weighted by Gasteiger charge is -2.14. The van der Waals surface area contributed by atoms with Gasteiger partial charge in [-0.05, 0) is 50.2 Å². The molecule has 1 N–H and O–H groups in total. The molecule has 0 aliphatic rings. The quantitative estimate of drug-likeness (QED) is 0.600. The zero-order chi connectivity index (χ0) is 17.9. The number of hydrogen-bond donors (Lipinski definition) is 1. The minimum Gasteiger partial charge on any atom is -0.377 e. The molecule has 0 bridgehead atoms. The van der Waals surface area contributed by atoms with Crippen LogP contribution in [0.15, 0.2) is 67.0 Å². The van der Waals surface area contributed by atoms with Crippen molar-refractivity contribution in [1.29, 1.82) is 0 Å². The molecule has 0 amide bonds. The van der Waals surface area contributed by atoms with Gasteiger partial charge in [-0.1, -0.05) is 23.4 Å². The molecule has 7 nitrogen and oxygen atoms in total. The molecule has 2 aromatic heterocycles. The molecule has 0 saturated carbocycles. The van der Waals surface area contributed by atoms with Crippen LogP contribution in [-0.4, -0.2) is 30.0 Å². The molecular formula is C19H19N7. The molecule has 0 aliphatic carbocycles. The second-order valence-corrected chi connectivity index (χ2v) is 6.04. The van der Waals surface area contributed by atoms with Gasteiger partial charge in [-0.15, -0.1) is 5.10 Å². The summed E-state index contributed by atoms with van der Waals surface area (Å²) in [7, 11) is 0. The highest BCUT2D eigenvalue weighted by Gasteiger charge is 2.16. The SMILES string of the molecule is Cc1c(C(C)Nc2ccc(-n3nccn3)cc2)nnn1-c1ccccc1. The van der Waals surface area contributed by atoms with Crippen LogP contribution in [0.1, 0.15) is 24.4 Å². The van der Waals surface area contributed by atoms with Crippen molar-refractivity contribution in [2.45, 2.75) is 19.9 Å². The number of rotatable bonds is 5. The fraction of sp³-hybridized carbons (Fsp3) is 0.158. The van der Waals surface area contributed by atoms with Gasteiger partial charge in [0.1, 0.15) is 5.69 Å². The predicted octanol–water partition coefficient (Wildman–Crippen LogP) is 3.33. The molecule has 0 saturated heterocycles. The van der Waals surface area contributed by atoms with Gasteiger partial charge in [-0.2, -0.15) is 15.0 Å². The van der Waals surface area contributed by atoms with Crippen LogP contribution < -0.4 is 5.32 Å². The zero-order valence-electron chi connectivity index (χ0n) is 14.6. The van der Waals surface area contributed by atoms with Gasteiger partial charge in [0, 0.05) is 5.69 Å². The molecule has 26 heavy (non-hydrogen) atoms. The highest BCUT2D eigenvalue weighted by Crippen LogP contribution is 2.22. The number of nitrogens with one attached hydrogen (secondary N) is 1. The molecule has 130 valence electrons. The van der Waals surface area contributed by atoms with E-state index in [1.807, 2.05) is 66.2 Å². The zero-order valence-corrected chi connectivity index (χ0v) is 14.6. The third-order valence-corrected chi connectivity index (χ3v) is 4.24. The van der Waals surface area contributed by atoms with Crippen LogP contribution in [-0.2, 0) is 0 Å². The molecule has 0 radical (unpaired) electrons. The molecule has 0 spiro atoms. The van der Waals surface area contributed by atoms with Crippen LogP contribution in [0.5, 0.6) is 0 Å². The first-order chi connectivity index (χ1) is 12.7. The number of hydrogen-bond acceptors (Lipinski definition) is 5. The number of benzene rings is 2. The van der Waals surface area contributed by atoms with E-state index in [1.165, 1.54) is 0 Å². The van der Waals surface area contributed by atoms with E-state index in [0.717, 1.165) is 28.5 Å². The maximum atomic E-state index is 4.37. The summed E-state index contributed by atoms with van der Waals surface area (Å²) in [6.07, 6.45) is 3.32. The van der Waals surface area contributed by atoms with E-state index in [9.17, 15) is 0 Å². The normalized spacial score (nSPS) is 12.1. The van der Waals surface area contributed by atoms with Gasteiger partial charge < -0.3 is 5.32 Å². The van der Waals surface area contributed by atoms with E-state index >= 15 is 0 Å². The Hall–Kier alpha value is -3.48. The van der Waals surface area contributed by atoms with Crippen molar-refractivity contribution in [2.24, 2.45) is 0 Å². The lowest BCUT2D eigenvalue weighted by molar-refractivity contribution is 0.751. The Bertz CT molecular complexity index is 973. The summed E-state index contributed by atoms with van der Waals surface area (Å²) in [6.45, 7) is 4.11. The average Bonchev–Trinajstić information content (AvgIpc) is 3.33. The number of anilines is 1. The molecule has 2 aromatic carbocycles. The van der Waals surface area contributed by atoms with E-state index < -0.39 is 0 Å². The van der Waals surface area contributed by atoms with Gasteiger partial charge >= 0.3 is 0 Å². The Labute approximate surface area is 151 Å². The second kappa shape index (κ2) is 6.79. The topological polar surface area (TPSA) is 73.5 Å². The summed E-state index contributed by atoms with van der Waals surface area (Å²) in [6, 6.07) is 18.0. The molecule has 7 heteroatoms. The fourth-order valence-electron chi connectivity index (χ4n) is 2.91. The third-order valence-electron chi connectivity index (χ3n) is 4.24.